The van der Waals surface area contributed by atoms with Crippen molar-refractivity contribution in [2.75, 3.05) is 13.1 Å². The van der Waals surface area contributed by atoms with Crippen LogP contribution in [0.3, 0.4) is 0 Å². The molecule has 0 saturated carbocycles. The number of hydrogen-bond donors (Lipinski definition) is 1. The molecule has 3 rings (SSSR count). The first-order valence-electron chi connectivity index (χ1n) is 6.38. The number of hydrogen-bond acceptors (Lipinski definition) is 3. The van der Waals surface area contributed by atoms with E-state index < -0.39 is 0 Å². The first-order chi connectivity index (χ1) is 8.92. The number of fused-ring (bicyclic) bond motifs is 1. The molecule has 0 radical (unpaired) electrons. The van der Waals surface area contributed by atoms with Gasteiger partial charge in [0.15, 0.2) is 0 Å². The second kappa shape index (κ2) is 5.91. The Balaban J connectivity index is 1.41. The van der Waals surface area contributed by atoms with Crippen molar-refractivity contribution in [3.63, 3.8) is 0 Å². The molecule has 3 heteroatoms. The molecule has 0 fully saturated rings. The van der Waals surface area contributed by atoms with Crippen molar-refractivity contribution in [3.8, 4) is 0 Å². The van der Waals surface area contributed by atoms with Gasteiger partial charge in [0.05, 0.1) is 0 Å². The summed E-state index contributed by atoms with van der Waals surface area (Å²) in [6, 6.07) is 11.0. The molecule has 2 aromatic rings. The molecule has 1 unspecified atom stereocenters. The molecule has 1 aliphatic heterocycles. The predicted octanol–water partition coefficient (Wildman–Crippen LogP) is 3.60. The fraction of sp³-hybridized carbons (Fsp3) is 0.333. The molecule has 1 N–H and O–H groups in total. The highest BCUT2D eigenvalue weighted by molar-refractivity contribution is 8.00. The van der Waals surface area contributed by atoms with Gasteiger partial charge in [0.25, 0.3) is 0 Å². The Bertz CT molecular complexity index is 468. The van der Waals surface area contributed by atoms with E-state index in [1.165, 1.54) is 22.4 Å². The van der Waals surface area contributed by atoms with Crippen LogP contribution < -0.4 is 5.32 Å². The highest BCUT2D eigenvalue weighted by atomic mass is 32.2. The fourth-order valence-electron chi connectivity index (χ4n) is 2.30. The summed E-state index contributed by atoms with van der Waals surface area (Å²) in [4.78, 5) is 1.47. The lowest BCUT2D eigenvalue weighted by molar-refractivity contribution is 0.662. The van der Waals surface area contributed by atoms with Gasteiger partial charge in [-0.3, -0.25) is 0 Å². The standard InChI is InChI=1S/C15H17NS2/c1-2-4-15-13(3-1)9-14(18-15)10-16-7-5-12-6-8-17-11-12/h1-4,6,8,11,14,16H,5,7,9-10H2. The Kier molecular flexibility index (Phi) is 4.03. The third-order valence-electron chi connectivity index (χ3n) is 3.26. The van der Waals surface area contributed by atoms with Gasteiger partial charge in [-0.15, -0.1) is 11.8 Å². The van der Waals surface area contributed by atoms with Gasteiger partial charge >= 0.3 is 0 Å². The SMILES string of the molecule is c1ccc2c(c1)CC(CNCCc1ccsc1)S2. The van der Waals surface area contributed by atoms with E-state index in [1.807, 2.05) is 11.8 Å². The Morgan fingerprint density at radius 1 is 1.22 bits per heavy atom. The van der Waals surface area contributed by atoms with E-state index in [0.717, 1.165) is 19.5 Å². The first kappa shape index (κ1) is 12.3. The van der Waals surface area contributed by atoms with E-state index in [4.69, 9.17) is 0 Å². The Morgan fingerprint density at radius 2 is 2.17 bits per heavy atom. The molecule has 0 spiro atoms. The van der Waals surface area contributed by atoms with Gasteiger partial charge in [-0.25, -0.2) is 0 Å². The summed E-state index contributed by atoms with van der Waals surface area (Å²) in [6.45, 7) is 2.20. The topological polar surface area (TPSA) is 12.0 Å². The van der Waals surface area contributed by atoms with Gasteiger partial charge in [0.2, 0.25) is 0 Å². The van der Waals surface area contributed by atoms with E-state index in [1.54, 1.807) is 11.3 Å². The Labute approximate surface area is 117 Å². The van der Waals surface area contributed by atoms with Crippen LogP contribution in [0.2, 0.25) is 0 Å². The van der Waals surface area contributed by atoms with Crippen LogP contribution in [0, 0.1) is 0 Å². The van der Waals surface area contributed by atoms with Gasteiger partial charge in [0.1, 0.15) is 0 Å². The number of thiophene rings is 1. The molecule has 0 saturated heterocycles. The quantitative estimate of drug-likeness (QED) is 0.837. The Hall–Kier alpha value is -0.770. The maximum absolute atomic E-state index is 3.58. The van der Waals surface area contributed by atoms with Crippen LogP contribution in [0.4, 0.5) is 0 Å². The van der Waals surface area contributed by atoms with Crippen molar-refractivity contribution in [1.82, 2.24) is 5.32 Å². The number of nitrogens with one attached hydrogen (secondary N) is 1. The molecule has 2 heterocycles. The van der Waals surface area contributed by atoms with E-state index in [-0.39, 0.29) is 0 Å². The van der Waals surface area contributed by atoms with Crippen molar-refractivity contribution in [2.45, 2.75) is 23.0 Å². The van der Waals surface area contributed by atoms with E-state index in [2.05, 4.69) is 46.4 Å². The van der Waals surface area contributed by atoms with Crippen LogP contribution >= 0.6 is 23.1 Å². The minimum atomic E-state index is 0.713. The molecule has 0 amide bonds. The average Bonchev–Trinajstić information content (AvgIpc) is 3.03. The molecule has 1 atom stereocenters. The summed E-state index contributed by atoms with van der Waals surface area (Å²) < 4.78 is 0. The summed E-state index contributed by atoms with van der Waals surface area (Å²) in [7, 11) is 0. The van der Waals surface area contributed by atoms with E-state index >= 15 is 0 Å². The number of benzene rings is 1. The van der Waals surface area contributed by atoms with Crippen molar-refractivity contribution in [2.24, 2.45) is 0 Å². The van der Waals surface area contributed by atoms with Crippen LogP contribution in [0.25, 0.3) is 0 Å². The van der Waals surface area contributed by atoms with E-state index in [9.17, 15) is 0 Å². The summed E-state index contributed by atoms with van der Waals surface area (Å²) in [5.41, 5.74) is 2.97. The monoisotopic (exact) mass is 275 g/mol. The minimum absolute atomic E-state index is 0.713. The van der Waals surface area contributed by atoms with Gasteiger partial charge in [-0.05, 0) is 53.4 Å². The molecule has 18 heavy (non-hydrogen) atoms. The minimum Gasteiger partial charge on any atom is -0.315 e. The van der Waals surface area contributed by atoms with Gasteiger partial charge in [0, 0.05) is 16.7 Å². The predicted molar refractivity (Wildman–Crippen MR) is 80.7 cm³/mol. The first-order valence-corrected chi connectivity index (χ1v) is 8.20. The van der Waals surface area contributed by atoms with Gasteiger partial charge < -0.3 is 5.32 Å². The van der Waals surface area contributed by atoms with Crippen molar-refractivity contribution < 1.29 is 0 Å². The van der Waals surface area contributed by atoms with Crippen molar-refractivity contribution in [3.05, 3.63) is 52.2 Å². The highest BCUT2D eigenvalue weighted by Gasteiger charge is 2.20. The maximum Gasteiger partial charge on any atom is 0.0260 e. The third-order valence-corrected chi connectivity index (χ3v) is 5.31. The van der Waals surface area contributed by atoms with Crippen LogP contribution in [0.1, 0.15) is 11.1 Å². The maximum atomic E-state index is 3.58. The lowest BCUT2D eigenvalue weighted by Gasteiger charge is -2.09. The second-order valence-corrected chi connectivity index (χ2v) is 6.76. The molecular weight excluding hydrogens is 258 g/mol. The molecule has 1 aromatic carbocycles. The zero-order valence-electron chi connectivity index (χ0n) is 10.3. The summed E-state index contributed by atoms with van der Waals surface area (Å²) in [5.74, 6) is 0. The van der Waals surface area contributed by atoms with Crippen LogP contribution in [-0.4, -0.2) is 18.3 Å². The van der Waals surface area contributed by atoms with Crippen LogP contribution in [0.15, 0.2) is 46.0 Å². The normalized spacial score (nSPS) is 17.9. The molecule has 94 valence electrons. The molecule has 1 nitrogen and oxygen atoms in total. The lowest BCUT2D eigenvalue weighted by Crippen LogP contribution is -2.26. The lowest BCUT2D eigenvalue weighted by atomic mass is 10.1. The summed E-state index contributed by atoms with van der Waals surface area (Å²) in [5, 5.41) is 8.69. The van der Waals surface area contributed by atoms with E-state index in [0.29, 0.717) is 5.25 Å². The molecule has 0 bridgehead atoms. The molecule has 1 aromatic heterocycles. The third kappa shape index (κ3) is 2.97. The smallest absolute Gasteiger partial charge is 0.0260 e. The fourth-order valence-corrected chi connectivity index (χ4v) is 4.28. The number of rotatable bonds is 5. The number of thioether (sulfide) groups is 1. The zero-order chi connectivity index (χ0) is 12.2. The van der Waals surface area contributed by atoms with Crippen molar-refractivity contribution in [1.29, 1.82) is 0 Å². The van der Waals surface area contributed by atoms with Crippen LogP contribution in [0.5, 0.6) is 0 Å². The molecule has 0 aliphatic carbocycles. The largest absolute Gasteiger partial charge is 0.315 e. The molecule has 1 aliphatic rings. The second-order valence-electron chi connectivity index (χ2n) is 4.64. The zero-order valence-corrected chi connectivity index (χ0v) is 11.9. The summed E-state index contributed by atoms with van der Waals surface area (Å²) in [6.07, 6.45) is 2.36. The Morgan fingerprint density at radius 3 is 3.00 bits per heavy atom. The van der Waals surface area contributed by atoms with Crippen molar-refractivity contribution >= 4 is 23.1 Å². The molecular formula is C15H17NS2. The van der Waals surface area contributed by atoms with Gasteiger partial charge in [-0.2, -0.15) is 11.3 Å². The average molecular weight is 275 g/mol. The highest BCUT2D eigenvalue weighted by Crippen LogP contribution is 2.36. The summed E-state index contributed by atoms with van der Waals surface area (Å²) >= 11 is 3.81. The van der Waals surface area contributed by atoms with Crippen LogP contribution in [-0.2, 0) is 12.8 Å². The van der Waals surface area contributed by atoms with Gasteiger partial charge in [-0.1, -0.05) is 18.2 Å².